The Morgan fingerprint density at radius 3 is 1.71 bits per heavy atom. The van der Waals surface area contributed by atoms with Crippen LogP contribution in [-0.4, -0.2) is 0 Å². The van der Waals surface area contributed by atoms with Crippen LogP contribution >= 0.6 is 0 Å². The SMILES string of the molecule is c1ccc(-c2cccc3c4c(ccc23)C(c2ccccc2)(c2ccccc2)c2cc(-c3ccc5c6c(cccc36)-c3ccccc3O5)ccc2-4)cc1. The fraction of sp³-hybridized carbons (Fsp3) is 0.0196. The van der Waals surface area contributed by atoms with Crippen molar-refractivity contribution in [2.45, 2.75) is 5.41 Å². The van der Waals surface area contributed by atoms with Gasteiger partial charge in [-0.15, -0.1) is 0 Å². The summed E-state index contributed by atoms with van der Waals surface area (Å²) in [5, 5.41) is 4.91. The van der Waals surface area contributed by atoms with Crippen molar-refractivity contribution in [2.75, 3.05) is 0 Å². The molecule has 1 heteroatoms. The number of hydrogen-bond acceptors (Lipinski definition) is 1. The summed E-state index contributed by atoms with van der Waals surface area (Å²) < 4.78 is 6.49. The molecule has 0 amide bonds. The molecule has 1 aliphatic heterocycles. The topological polar surface area (TPSA) is 9.23 Å². The van der Waals surface area contributed by atoms with Crippen molar-refractivity contribution in [1.29, 1.82) is 0 Å². The van der Waals surface area contributed by atoms with E-state index in [0.717, 1.165) is 17.1 Å². The largest absolute Gasteiger partial charge is 0.456 e. The lowest BCUT2D eigenvalue weighted by molar-refractivity contribution is 0.487. The van der Waals surface area contributed by atoms with Crippen LogP contribution in [0.4, 0.5) is 0 Å². The third-order valence-electron chi connectivity index (χ3n) is 11.4. The Balaban J connectivity index is 1.23. The first-order valence-electron chi connectivity index (χ1n) is 18.0. The van der Waals surface area contributed by atoms with Gasteiger partial charge in [-0.2, -0.15) is 0 Å². The number of benzene rings is 9. The summed E-state index contributed by atoms with van der Waals surface area (Å²) in [6, 6.07) is 71.1. The van der Waals surface area contributed by atoms with Gasteiger partial charge in [-0.1, -0.05) is 176 Å². The normalized spacial score (nSPS) is 13.3. The fourth-order valence-corrected chi connectivity index (χ4v) is 9.21. The first-order valence-corrected chi connectivity index (χ1v) is 18.0. The van der Waals surface area contributed by atoms with Crippen LogP contribution in [0, 0.1) is 0 Å². The smallest absolute Gasteiger partial charge is 0.135 e. The monoisotopic (exact) mass is 660 g/mol. The number of rotatable bonds is 4. The van der Waals surface area contributed by atoms with E-state index in [4.69, 9.17) is 4.74 Å². The zero-order chi connectivity index (χ0) is 34.2. The fourth-order valence-electron chi connectivity index (χ4n) is 9.21. The molecule has 0 aromatic heterocycles. The summed E-state index contributed by atoms with van der Waals surface area (Å²) in [6.45, 7) is 0. The van der Waals surface area contributed by atoms with Gasteiger partial charge in [-0.05, 0) is 95.6 Å². The van der Waals surface area contributed by atoms with Gasteiger partial charge in [-0.3, -0.25) is 0 Å². The maximum atomic E-state index is 6.49. The molecule has 11 rings (SSSR count). The molecule has 0 bridgehead atoms. The molecule has 9 aromatic carbocycles. The molecule has 0 fully saturated rings. The second-order valence-electron chi connectivity index (χ2n) is 13.9. The van der Waals surface area contributed by atoms with Crippen molar-refractivity contribution in [3.05, 3.63) is 216 Å². The lowest BCUT2D eigenvalue weighted by Gasteiger charge is -2.34. The summed E-state index contributed by atoms with van der Waals surface area (Å²) in [7, 11) is 0. The summed E-state index contributed by atoms with van der Waals surface area (Å²) in [5.74, 6) is 1.81. The molecule has 0 N–H and O–H groups in total. The molecule has 0 atom stereocenters. The van der Waals surface area contributed by atoms with Gasteiger partial charge in [0.1, 0.15) is 11.5 Å². The number of hydrogen-bond donors (Lipinski definition) is 0. The second kappa shape index (κ2) is 11.2. The minimum Gasteiger partial charge on any atom is -0.456 e. The first kappa shape index (κ1) is 29.1. The van der Waals surface area contributed by atoms with Crippen LogP contribution in [0.2, 0.25) is 0 Å². The minimum atomic E-state index is -0.519. The van der Waals surface area contributed by atoms with E-state index in [9.17, 15) is 0 Å². The molecule has 1 nitrogen and oxygen atoms in total. The Hall–Kier alpha value is -6.70. The van der Waals surface area contributed by atoms with E-state index in [1.54, 1.807) is 0 Å². The van der Waals surface area contributed by atoms with E-state index < -0.39 is 5.41 Å². The van der Waals surface area contributed by atoms with E-state index in [1.807, 2.05) is 6.07 Å². The van der Waals surface area contributed by atoms with Crippen LogP contribution in [0.25, 0.3) is 66.1 Å². The van der Waals surface area contributed by atoms with Crippen molar-refractivity contribution in [3.63, 3.8) is 0 Å². The van der Waals surface area contributed by atoms with Crippen molar-refractivity contribution in [3.8, 4) is 56.0 Å². The maximum Gasteiger partial charge on any atom is 0.135 e. The molecule has 242 valence electrons. The molecule has 0 saturated heterocycles. The van der Waals surface area contributed by atoms with Gasteiger partial charge in [0.15, 0.2) is 0 Å². The molecule has 0 spiro atoms. The summed E-state index contributed by atoms with van der Waals surface area (Å²) in [5.41, 5.74) is 14.4. The van der Waals surface area contributed by atoms with Crippen molar-refractivity contribution < 1.29 is 4.74 Å². The number of para-hydroxylation sites is 1. The lowest BCUT2D eigenvalue weighted by atomic mass is 9.67. The number of ether oxygens (including phenoxy) is 1. The Morgan fingerprint density at radius 2 is 0.942 bits per heavy atom. The predicted molar refractivity (Wildman–Crippen MR) is 215 cm³/mol. The average molecular weight is 661 g/mol. The highest BCUT2D eigenvalue weighted by atomic mass is 16.5. The Kier molecular flexibility index (Phi) is 6.23. The van der Waals surface area contributed by atoms with Gasteiger partial charge in [0.25, 0.3) is 0 Å². The van der Waals surface area contributed by atoms with Gasteiger partial charge >= 0.3 is 0 Å². The second-order valence-corrected chi connectivity index (χ2v) is 13.9. The molecule has 0 saturated carbocycles. The highest BCUT2D eigenvalue weighted by Gasteiger charge is 2.47. The van der Waals surface area contributed by atoms with Crippen LogP contribution in [0.1, 0.15) is 22.3 Å². The third kappa shape index (κ3) is 3.99. The van der Waals surface area contributed by atoms with Crippen LogP contribution in [0.5, 0.6) is 11.5 Å². The highest BCUT2D eigenvalue weighted by Crippen LogP contribution is 2.59. The Bertz CT molecular complexity index is 2810. The van der Waals surface area contributed by atoms with E-state index in [-0.39, 0.29) is 0 Å². The van der Waals surface area contributed by atoms with Crippen molar-refractivity contribution >= 4 is 21.5 Å². The molecule has 0 radical (unpaired) electrons. The Labute approximate surface area is 303 Å². The van der Waals surface area contributed by atoms with Crippen LogP contribution in [-0.2, 0) is 5.41 Å². The predicted octanol–water partition coefficient (Wildman–Crippen LogP) is 13.5. The number of fused-ring (bicyclic) bond motifs is 7. The zero-order valence-corrected chi connectivity index (χ0v) is 28.4. The Morgan fingerprint density at radius 1 is 0.327 bits per heavy atom. The molecule has 52 heavy (non-hydrogen) atoms. The molecular weight excluding hydrogens is 629 g/mol. The van der Waals surface area contributed by atoms with Crippen molar-refractivity contribution in [1.82, 2.24) is 0 Å². The van der Waals surface area contributed by atoms with E-state index in [1.165, 1.54) is 82.7 Å². The van der Waals surface area contributed by atoms with Crippen molar-refractivity contribution in [2.24, 2.45) is 0 Å². The molecule has 9 aromatic rings. The van der Waals surface area contributed by atoms with Gasteiger partial charge < -0.3 is 4.74 Å². The zero-order valence-electron chi connectivity index (χ0n) is 28.4. The van der Waals surface area contributed by atoms with Crippen LogP contribution < -0.4 is 4.74 Å². The molecule has 0 unspecified atom stereocenters. The van der Waals surface area contributed by atoms with Crippen LogP contribution in [0.3, 0.4) is 0 Å². The molecule has 2 aliphatic rings. The lowest BCUT2D eigenvalue weighted by Crippen LogP contribution is -2.28. The van der Waals surface area contributed by atoms with Gasteiger partial charge in [-0.25, -0.2) is 0 Å². The van der Waals surface area contributed by atoms with Gasteiger partial charge in [0.2, 0.25) is 0 Å². The molecule has 1 aliphatic carbocycles. The summed E-state index contributed by atoms with van der Waals surface area (Å²) >= 11 is 0. The van der Waals surface area contributed by atoms with E-state index >= 15 is 0 Å². The average Bonchev–Trinajstić information content (AvgIpc) is 3.52. The third-order valence-corrected chi connectivity index (χ3v) is 11.4. The maximum absolute atomic E-state index is 6.49. The minimum absolute atomic E-state index is 0.519. The quantitative estimate of drug-likeness (QED) is 0.183. The van der Waals surface area contributed by atoms with E-state index in [0.29, 0.717) is 0 Å². The molecule has 1 heterocycles. The molecular formula is C51H32O. The highest BCUT2D eigenvalue weighted by molar-refractivity contribution is 6.12. The standard InChI is InChI=1S/C51H32O/c1-4-14-33(15-5-1)37-21-12-23-42-39(37)28-30-45-49(42)44-27-26-34(32-46(44)51(45,35-16-6-2-7-17-35)36-18-8-3-9-19-36)38-29-31-48-50-41(38)22-13-24-43(50)40-20-10-11-25-47(40)52-48/h1-32H. The van der Waals surface area contributed by atoms with Gasteiger partial charge in [0.05, 0.1) is 5.41 Å². The van der Waals surface area contributed by atoms with Gasteiger partial charge in [0, 0.05) is 10.9 Å². The van der Waals surface area contributed by atoms with E-state index in [2.05, 4.69) is 188 Å². The van der Waals surface area contributed by atoms with Crippen LogP contribution in [0.15, 0.2) is 194 Å². The summed E-state index contributed by atoms with van der Waals surface area (Å²) in [6.07, 6.45) is 0. The first-order chi connectivity index (χ1) is 25.8. The summed E-state index contributed by atoms with van der Waals surface area (Å²) in [4.78, 5) is 0.